The van der Waals surface area contributed by atoms with E-state index in [0.717, 1.165) is 11.4 Å². The summed E-state index contributed by atoms with van der Waals surface area (Å²) in [5.41, 5.74) is 0.942. The van der Waals surface area contributed by atoms with Crippen LogP contribution < -0.4 is 14.8 Å². The van der Waals surface area contributed by atoms with E-state index in [-0.39, 0.29) is 11.2 Å². The van der Waals surface area contributed by atoms with E-state index in [9.17, 15) is 4.79 Å². The highest BCUT2D eigenvalue weighted by molar-refractivity contribution is 8.00. The van der Waals surface area contributed by atoms with Crippen molar-refractivity contribution in [1.29, 1.82) is 0 Å². The number of H-pyrrole nitrogens is 1. The lowest BCUT2D eigenvalue weighted by Gasteiger charge is -2.12. The Morgan fingerprint density at radius 2 is 2.12 bits per heavy atom. The Balaban J connectivity index is 1.52. The lowest BCUT2D eigenvalue weighted by atomic mass is 10.2. The highest BCUT2D eigenvalue weighted by Gasteiger charge is 2.27. The number of amides is 1. The monoisotopic (exact) mass is 362 g/mol. The number of nitrogens with one attached hydrogen (secondary N) is 2. The second kappa shape index (κ2) is 7.77. The molecule has 1 aromatic heterocycles. The van der Waals surface area contributed by atoms with Crippen molar-refractivity contribution in [3.63, 3.8) is 0 Å². The van der Waals surface area contributed by atoms with Gasteiger partial charge in [0.15, 0.2) is 11.5 Å². The number of carbonyl (C=O) groups is 1. The molecule has 134 valence electrons. The molecule has 2 N–H and O–H groups in total. The summed E-state index contributed by atoms with van der Waals surface area (Å²) in [6.07, 6.45) is 2.33. The maximum atomic E-state index is 12.3. The van der Waals surface area contributed by atoms with E-state index in [1.807, 2.05) is 25.1 Å². The van der Waals surface area contributed by atoms with E-state index >= 15 is 0 Å². The third kappa shape index (κ3) is 4.45. The molecule has 2 aromatic rings. The van der Waals surface area contributed by atoms with Gasteiger partial charge in [0, 0.05) is 12.5 Å². The van der Waals surface area contributed by atoms with Crippen LogP contribution in [0.15, 0.2) is 23.4 Å². The molecule has 3 rings (SSSR count). The molecule has 1 amide bonds. The third-order valence-electron chi connectivity index (χ3n) is 4.01. The smallest absolute Gasteiger partial charge is 0.233 e. The van der Waals surface area contributed by atoms with Crippen molar-refractivity contribution in [3.8, 4) is 11.5 Å². The van der Waals surface area contributed by atoms with Crippen molar-refractivity contribution in [2.45, 2.75) is 42.6 Å². The third-order valence-corrected chi connectivity index (χ3v) is 4.97. The fourth-order valence-electron chi connectivity index (χ4n) is 2.39. The van der Waals surface area contributed by atoms with Crippen LogP contribution in [-0.2, 0) is 11.3 Å². The van der Waals surface area contributed by atoms with Crippen LogP contribution in [0.2, 0.25) is 0 Å². The average molecular weight is 362 g/mol. The largest absolute Gasteiger partial charge is 0.493 e. The number of carbonyl (C=O) groups excluding carboxylic acids is 1. The predicted molar refractivity (Wildman–Crippen MR) is 95.1 cm³/mol. The number of benzene rings is 1. The molecule has 1 heterocycles. The molecule has 1 fully saturated rings. The second-order valence-corrected chi connectivity index (χ2v) is 7.25. The molecule has 0 aliphatic heterocycles. The molecule has 25 heavy (non-hydrogen) atoms. The molecule has 0 saturated heterocycles. The molecular weight excluding hydrogens is 340 g/mol. The van der Waals surface area contributed by atoms with Crippen LogP contribution in [0.5, 0.6) is 11.5 Å². The summed E-state index contributed by atoms with van der Waals surface area (Å²) in [6, 6.07) is 5.58. The quantitative estimate of drug-likeness (QED) is 0.702. The zero-order valence-corrected chi connectivity index (χ0v) is 15.4. The molecular formula is C17H22N4O3S. The van der Waals surface area contributed by atoms with Gasteiger partial charge in [-0.3, -0.25) is 9.89 Å². The van der Waals surface area contributed by atoms with Gasteiger partial charge in [-0.1, -0.05) is 17.8 Å². The van der Waals surface area contributed by atoms with Crippen molar-refractivity contribution in [3.05, 3.63) is 29.6 Å². The molecule has 7 nitrogen and oxygen atoms in total. The summed E-state index contributed by atoms with van der Waals surface area (Å²) >= 11 is 1.36. The molecule has 1 unspecified atom stereocenters. The van der Waals surface area contributed by atoms with Crippen molar-refractivity contribution >= 4 is 17.7 Å². The maximum absolute atomic E-state index is 12.3. The van der Waals surface area contributed by atoms with E-state index in [1.165, 1.54) is 24.6 Å². The van der Waals surface area contributed by atoms with Gasteiger partial charge in [0.25, 0.3) is 0 Å². The SMILES string of the molecule is COc1ccc(CNC(=O)C(C)Sc2n[nH]c(C3CC3)n2)cc1OC. The zero-order chi connectivity index (χ0) is 17.8. The van der Waals surface area contributed by atoms with Crippen molar-refractivity contribution < 1.29 is 14.3 Å². The highest BCUT2D eigenvalue weighted by atomic mass is 32.2. The minimum Gasteiger partial charge on any atom is -0.493 e. The van der Waals surface area contributed by atoms with Crippen LogP contribution in [-0.4, -0.2) is 40.6 Å². The van der Waals surface area contributed by atoms with Crippen molar-refractivity contribution in [2.24, 2.45) is 0 Å². The number of nitrogens with zero attached hydrogens (tertiary/aromatic N) is 2. The van der Waals surface area contributed by atoms with Gasteiger partial charge < -0.3 is 14.8 Å². The summed E-state index contributed by atoms with van der Waals surface area (Å²) in [4.78, 5) is 16.7. The predicted octanol–water partition coefficient (Wildman–Crippen LogP) is 2.50. The molecule has 1 atom stereocenters. The summed E-state index contributed by atoms with van der Waals surface area (Å²) in [6.45, 7) is 2.27. The standard InChI is InChI=1S/C17H22N4O3S/c1-10(25-17-19-15(20-21-17)12-5-6-12)16(22)18-9-11-4-7-13(23-2)14(8-11)24-3/h4,7-8,10,12H,5-6,9H2,1-3H3,(H,18,22)(H,19,20,21). The number of hydrogen-bond acceptors (Lipinski definition) is 6. The first-order chi connectivity index (χ1) is 12.1. The zero-order valence-electron chi connectivity index (χ0n) is 14.5. The van der Waals surface area contributed by atoms with E-state index in [2.05, 4.69) is 20.5 Å². The van der Waals surface area contributed by atoms with Crippen molar-refractivity contribution in [2.75, 3.05) is 14.2 Å². The normalized spacial score (nSPS) is 14.8. The average Bonchev–Trinajstić information content (AvgIpc) is 3.38. The molecule has 1 aliphatic carbocycles. The lowest BCUT2D eigenvalue weighted by molar-refractivity contribution is -0.120. The van der Waals surface area contributed by atoms with Gasteiger partial charge in [0.05, 0.1) is 19.5 Å². The minimum absolute atomic E-state index is 0.0578. The van der Waals surface area contributed by atoms with Gasteiger partial charge >= 0.3 is 0 Å². The van der Waals surface area contributed by atoms with Crippen molar-refractivity contribution in [1.82, 2.24) is 20.5 Å². The van der Waals surface area contributed by atoms with Gasteiger partial charge in [-0.25, -0.2) is 4.98 Å². The second-order valence-electron chi connectivity index (χ2n) is 5.94. The van der Waals surface area contributed by atoms with Gasteiger partial charge in [-0.2, -0.15) is 0 Å². The summed E-state index contributed by atoms with van der Waals surface area (Å²) < 4.78 is 10.5. The fraction of sp³-hybridized carbons (Fsp3) is 0.471. The van der Waals surface area contributed by atoms with Gasteiger partial charge in [-0.15, -0.1) is 5.10 Å². The van der Waals surface area contributed by atoms with Crippen LogP contribution in [0, 0.1) is 0 Å². The van der Waals surface area contributed by atoms with Crippen LogP contribution in [0.25, 0.3) is 0 Å². The van der Waals surface area contributed by atoms with E-state index < -0.39 is 0 Å². The lowest BCUT2D eigenvalue weighted by Crippen LogP contribution is -2.30. The number of aromatic amines is 1. The number of hydrogen-bond donors (Lipinski definition) is 2. The summed E-state index contributed by atoms with van der Waals surface area (Å²) in [7, 11) is 3.18. The molecule has 1 aromatic carbocycles. The number of ether oxygens (including phenoxy) is 2. The Morgan fingerprint density at radius 1 is 1.36 bits per heavy atom. The number of thioether (sulfide) groups is 1. The Labute approximate surface area is 150 Å². The summed E-state index contributed by atoms with van der Waals surface area (Å²) in [5.74, 6) is 2.71. The topological polar surface area (TPSA) is 89.1 Å². The Bertz CT molecular complexity index is 745. The van der Waals surface area contributed by atoms with E-state index in [0.29, 0.717) is 29.1 Å². The highest BCUT2D eigenvalue weighted by Crippen LogP contribution is 2.38. The molecule has 0 bridgehead atoms. The first-order valence-electron chi connectivity index (χ1n) is 8.18. The number of methoxy groups -OCH3 is 2. The Morgan fingerprint density at radius 3 is 2.80 bits per heavy atom. The minimum atomic E-state index is -0.275. The molecule has 0 radical (unpaired) electrons. The van der Waals surface area contributed by atoms with Crippen LogP contribution in [0.4, 0.5) is 0 Å². The van der Waals surface area contributed by atoms with E-state index in [4.69, 9.17) is 9.47 Å². The van der Waals surface area contributed by atoms with Crippen LogP contribution in [0.3, 0.4) is 0 Å². The van der Waals surface area contributed by atoms with Gasteiger partial charge in [-0.05, 0) is 37.5 Å². The number of rotatable bonds is 8. The first-order valence-corrected chi connectivity index (χ1v) is 9.06. The summed E-state index contributed by atoms with van der Waals surface area (Å²) in [5, 5.41) is 10.4. The first kappa shape index (κ1) is 17.6. The van der Waals surface area contributed by atoms with Crippen LogP contribution in [0.1, 0.15) is 37.1 Å². The van der Waals surface area contributed by atoms with Crippen LogP contribution >= 0.6 is 11.8 Å². The number of aromatic nitrogens is 3. The van der Waals surface area contributed by atoms with Gasteiger partial charge in [0.2, 0.25) is 11.1 Å². The fourth-order valence-corrected chi connectivity index (χ4v) is 3.14. The maximum Gasteiger partial charge on any atom is 0.233 e. The molecule has 0 spiro atoms. The Hall–Kier alpha value is -2.22. The van der Waals surface area contributed by atoms with E-state index in [1.54, 1.807) is 14.2 Å². The molecule has 1 saturated carbocycles. The molecule has 1 aliphatic rings. The molecule has 8 heteroatoms. The Kier molecular flexibility index (Phi) is 5.47. The van der Waals surface area contributed by atoms with Gasteiger partial charge in [0.1, 0.15) is 5.82 Å².